The quantitative estimate of drug-likeness (QED) is 0.0592. The van der Waals surface area contributed by atoms with Crippen molar-refractivity contribution in [1.29, 1.82) is 0 Å². The highest BCUT2D eigenvalue weighted by molar-refractivity contribution is 6.10. The Morgan fingerprint density at radius 1 is 0.223 bits per heavy atom. The molecule has 0 atom stereocenters. The molecular weight excluding hydrogens is 1140 g/mol. The van der Waals surface area contributed by atoms with Crippen LogP contribution in [0.25, 0.3) is 11.1 Å². The van der Waals surface area contributed by atoms with Crippen LogP contribution in [0.3, 0.4) is 0 Å². The summed E-state index contributed by atoms with van der Waals surface area (Å²) in [6.45, 7) is 0. The van der Waals surface area contributed by atoms with E-state index in [-0.39, 0.29) is 0 Å². The van der Waals surface area contributed by atoms with E-state index in [1.165, 1.54) is 0 Å². The van der Waals surface area contributed by atoms with Gasteiger partial charge in [0, 0.05) is 105 Å². The van der Waals surface area contributed by atoms with Crippen LogP contribution in [-0.2, 0) is 0 Å². The van der Waals surface area contributed by atoms with Gasteiger partial charge >= 0.3 is 0 Å². The zero-order chi connectivity index (χ0) is 63.1. The van der Waals surface area contributed by atoms with Crippen LogP contribution in [-0.4, -0.2) is 5.71 Å². The molecule has 0 fully saturated rings. The van der Waals surface area contributed by atoms with Gasteiger partial charge < -0.3 is 19.6 Å². The minimum Gasteiger partial charge on any atom is -0.311 e. The van der Waals surface area contributed by atoms with Crippen molar-refractivity contribution in [3.63, 3.8) is 0 Å². The lowest BCUT2D eigenvalue weighted by Crippen LogP contribution is -2.16. The third-order valence-electron chi connectivity index (χ3n) is 16.7. The second-order valence-corrected chi connectivity index (χ2v) is 22.8. The average Bonchev–Trinajstić information content (AvgIpc) is 0.843. The van der Waals surface area contributed by atoms with Gasteiger partial charge in [-0.1, -0.05) is 218 Å². The van der Waals surface area contributed by atoms with Gasteiger partial charge in [0.15, 0.2) is 0 Å². The molecular formula is C89H68N5+. The highest BCUT2D eigenvalue weighted by Gasteiger charge is 2.24. The van der Waals surface area contributed by atoms with E-state index in [0.29, 0.717) is 0 Å². The van der Waals surface area contributed by atoms with Crippen molar-refractivity contribution < 1.29 is 0 Å². The summed E-state index contributed by atoms with van der Waals surface area (Å²) in [4.78, 5) is 9.34. The van der Waals surface area contributed by atoms with E-state index in [4.69, 9.17) is 0 Å². The minimum absolute atomic E-state index is 0.944. The molecule has 13 aromatic carbocycles. The van der Waals surface area contributed by atoms with Crippen LogP contribution >= 0.6 is 0 Å². The number of anilines is 11. The molecule has 0 spiro atoms. The number of rotatable bonds is 19. The zero-order valence-electron chi connectivity index (χ0n) is 52.0. The van der Waals surface area contributed by atoms with Crippen molar-refractivity contribution in [3.05, 3.63) is 441 Å². The topological polar surface area (TPSA) is 16.0 Å². The van der Waals surface area contributed by atoms with Gasteiger partial charge in [0.25, 0.3) is 0 Å². The Morgan fingerprint density at radius 2 is 0.468 bits per heavy atom. The van der Waals surface area contributed by atoms with E-state index in [9.17, 15) is 0 Å². The molecule has 448 valence electrons. The van der Waals surface area contributed by atoms with Gasteiger partial charge in [0.05, 0.1) is 0 Å². The minimum atomic E-state index is 0.944. The molecule has 1 aliphatic carbocycles. The molecule has 94 heavy (non-hydrogen) atoms. The van der Waals surface area contributed by atoms with E-state index >= 15 is 0 Å². The van der Waals surface area contributed by atoms with Crippen molar-refractivity contribution >= 4 is 90.8 Å². The van der Waals surface area contributed by atoms with Gasteiger partial charge in [-0.05, 0) is 191 Å². The second-order valence-electron chi connectivity index (χ2n) is 22.8. The third-order valence-corrected chi connectivity index (χ3v) is 16.7. The second kappa shape index (κ2) is 28.5. The van der Waals surface area contributed by atoms with Crippen LogP contribution in [0.1, 0.15) is 16.7 Å². The number of nitrogens with zero attached hydrogens (tertiary/aromatic N) is 5. The van der Waals surface area contributed by atoms with Crippen LogP contribution in [0.4, 0.5) is 73.9 Å². The summed E-state index contributed by atoms with van der Waals surface area (Å²) < 4.78 is 2.32. The normalized spacial score (nSPS) is 11.8. The molecule has 1 aliphatic rings. The molecule has 5 heteroatoms. The molecule has 14 rings (SSSR count). The predicted molar refractivity (Wildman–Crippen MR) is 398 cm³/mol. The molecule has 0 bridgehead atoms. The molecule has 0 unspecified atom stereocenters. The first kappa shape index (κ1) is 59.1. The van der Waals surface area contributed by atoms with Gasteiger partial charge in [-0.2, -0.15) is 4.58 Å². The Hall–Kier alpha value is -12.6. The molecule has 0 saturated heterocycles. The van der Waals surface area contributed by atoms with Gasteiger partial charge in [-0.15, -0.1) is 0 Å². The number of allylic oxidation sites excluding steroid dienone is 8. The van der Waals surface area contributed by atoms with Crippen molar-refractivity contribution in [2.45, 2.75) is 0 Å². The van der Waals surface area contributed by atoms with Crippen molar-refractivity contribution in [2.24, 2.45) is 0 Å². The molecule has 0 aromatic heterocycles. The highest BCUT2D eigenvalue weighted by atomic mass is 15.2. The fourth-order valence-electron chi connectivity index (χ4n) is 12.3. The van der Waals surface area contributed by atoms with E-state index in [2.05, 4.69) is 437 Å². The Labute approximate surface area is 552 Å². The van der Waals surface area contributed by atoms with Crippen LogP contribution < -0.4 is 24.2 Å². The summed E-state index contributed by atoms with van der Waals surface area (Å²) in [6, 6.07) is 134. The van der Waals surface area contributed by atoms with E-state index < -0.39 is 0 Å². The van der Waals surface area contributed by atoms with Crippen LogP contribution in [0.2, 0.25) is 0 Å². The summed E-state index contributed by atoms with van der Waals surface area (Å²) in [5, 5.41) is 0. The molecule has 0 radical (unpaired) electrons. The Balaban J connectivity index is 1.01. The largest absolute Gasteiger partial charge is 0.311 e. The number of benzene rings is 13. The maximum absolute atomic E-state index is 2.39. The lowest BCUT2D eigenvalue weighted by molar-refractivity contribution is 1.09. The van der Waals surface area contributed by atoms with E-state index in [0.717, 1.165) is 119 Å². The SMILES string of the molecule is C1=CC(=[N+](c2ccccc2)c2ccccc2)C=CC1=C(/C=C(/C=C(c1ccc(N(c2ccccc2)c2ccccc2)cc1)c1ccc(N(c2ccccc2)c2ccccc2)cc1)N(c1ccccc1)c1ccccc1)c1ccc(N(c2ccccc2)c2ccccc2)cc1. The summed E-state index contributed by atoms with van der Waals surface area (Å²) in [5.74, 6) is 0. The Morgan fingerprint density at radius 3 is 0.755 bits per heavy atom. The smallest absolute Gasteiger partial charge is 0.211 e. The monoisotopic (exact) mass is 1210 g/mol. The van der Waals surface area contributed by atoms with E-state index in [1.54, 1.807) is 0 Å². The summed E-state index contributed by atoms with van der Waals surface area (Å²) >= 11 is 0. The first-order chi connectivity index (χ1) is 46.7. The molecule has 13 aromatic rings. The predicted octanol–water partition coefficient (Wildman–Crippen LogP) is 23.8. The molecule has 0 N–H and O–H groups in total. The van der Waals surface area contributed by atoms with Crippen LogP contribution in [0.15, 0.2) is 424 Å². The molecule has 5 nitrogen and oxygen atoms in total. The number of para-hydroxylation sites is 10. The maximum Gasteiger partial charge on any atom is 0.211 e. The fourth-order valence-corrected chi connectivity index (χ4v) is 12.3. The van der Waals surface area contributed by atoms with Gasteiger partial charge in [-0.3, -0.25) is 0 Å². The highest BCUT2D eigenvalue weighted by Crippen LogP contribution is 2.42. The van der Waals surface area contributed by atoms with Crippen molar-refractivity contribution in [2.75, 3.05) is 19.6 Å². The molecule has 0 saturated carbocycles. The summed E-state index contributed by atoms with van der Waals surface area (Å²) in [7, 11) is 0. The lowest BCUT2D eigenvalue weighted by Gasteiger charge is -2.29. The van der Waals surface area contributed by atoms with Crippen molar-refractivity contribution in [1.82, 2.24) is 4.58 Å². The van der Waals surface area contributed by atoms with Gasteiger partial charge in [-0.25, -0.2) is 0 Å². The number of hydrogen-bond donors (Lipinski definition) is 0. The standard InChI is InChI=1S/C89H68N5/c1-11-31-73(32-12-1)90(74-33-13-2-14-34-74)83-59-51-69(52-60-83)88(70-53-61-84(62-54-70)91(75-35-15-3-16-36-75)76-37-17-4-18-38-76)67-87(94(81-47-27-9-28-48-81)82-49-29-10-30-50-82)68-89(71-55-63-85(64-56-71)92(77-39-19-5-20-40-77)78-41-21-6-22-42-78)72-57-65-86(66-58-72)93(79-43-23-7-24-44-79)80-45-25-8-26-46-80/h1-68H/q+1. The van der Waals surface area contributed by atoms with Crippen LogP contribution in [0.5, 0.6) is 0 Å². The summed E-state index contributed by atoms with van der Waals surface area (Å²) in [5.41, 5.74) is 22.0. The number of hydrogen-bond acceptors (Lipinski definition) is 4. The lowest BCUT2D eigenvalue weighted by atomic mass is 9.92. The summed E-state index contributed by atoms with van der Waals surface area (Å²) in [6.07, 6.45) is 13.8. The first-order valence-electron chi connectivity index (χ1n) is 31.9. The Bertz CT molecular complexity index is 4440. The van der Waals surface area contributed by atoms with Crippen LogP contribution in [0, 0.1) is 0 Å². The molecule has 0 aliphatic heterocycles. The zero-order valence-corrected chi connectivity index (χ0v) is 52.0. The third kappa shape index (κ3) is 13.3. The van der Waals surface area contributed by atoms with Crippen molar-refractivity contribution in [3.8, 4) is 0 Å². The molecule has 0 heterocycles. The average molecular weight is 1210 g/mol. The Kier molecular flexibility index (Phi) is 17.9. The van der Waals surface area contributed by atoms with Gasteiger partial charge in [0.1, 0.15) is 0 Å². The molecule has 0 amide bonds. The fraction of sp³-hybridized carbons (Fsp3) is 0. The van der Waals surface area contributed by atoms with Gasteiger partial charge in [0.2, 0.25) is 17.1 Å². The maximum atomic E-state index is 2.39. The van der Waals surface area contributed by atoms with E-state index in [1.807, 2.05) is 0 Å². The first-order valence-corrected chi connectivity index (χ1v) is 31.9.